The number of nitrogens with one attached hydrogen (secondary N) is 3. The highest BCUT2D eigenvalue weighted by molar-refractivity contribution is 5.86. The van der Waals surface area contributed by atoms with Gasteiger partial charge in [0, 0.05) is 40.3 Å². The lowest BCUT2D eigenvalue weighted by atomic mass is 10.1. The van der Waals surface area contributed by atoms with Crippen molar-refractivity contribution < 1.29 is 0 Å². The molecule has 142 valence electrons. The predicted octanol–water partition coefficient (Wildman–Crippen LogP) is 0.426. The first-order valence-corrected chi connectivity index (χ1v) is 9.31. The maximum Gasteiger partial charge on any atom is 0.191 e. The SMILES string of the molecule is CN=C(NCCNc1ncnc2c1cnn2C)NCCN1CCCCC1. The zero-order valence-electron chi connectivity index (χ0n) is 15.7. The molecule has 1 saturated heterocycles. The zero-order chi connectivity index (χ0) is 18.2. The molecule has 0 atom stereocenters. The third kappa shape index (κ3) is 4.81. The van der Waals surface area contributed by atoms with E-state index in [0.29, 0.717) is 0 Å². The Balaban J connectivity index is 1.37. The smallest absolute Gasteiger partial charge is 0.191 e. The Kier molecular flexibility index (Phi) is 6.59. The molecule has 0 bridgehead atoms. The molecular formula is C17H29N9. The second-order valence-electron chi connectivity index (χ2n) is 6.48. The Morgan fingerprint density at radius 1 is 1.12 bits per heavy atom. The summed E-state index contributed by atoms with van der Waals surface area (Å²) in [5, 5.41) is 15.2. The highest BCUT2D eigenvalue weighted by Gasteiger charge is 2.09. The molecule has 0 aliphatic carbocycles. The van der Waals surface area contributed by atoms with E-state index in [1.54, 1.807) is 24.3 Å². The van der Waals surface area contributed by atoms with Crippen LogP contribution in [-0.2, 0) is 7.05 Å². The Bertz CT molecular complexity index is 718. The van der Waals surface area contributed by atoms with Crippen LogP contribution in [0, 0.1) is 0 Å². The van der Waals surface area contributed by atoms with Crippen LogP contribution in [0.25, 0.3) is 11.0 Å². The third-order valence-electron chi connectivity index (χ3n) is 4.63. The second kappa shape index (κ2) is 9.33. The van der Waals surface area contributed by atoms with Crippen LogP contribution in [0.3, 0.4) is 0 Å². The molecule has 0 radical (unpaired) electrons. The van der Waals surface area contributed by atoms with Gasteiger partial charge in [-0.25, -0.2) is 9.97 Å². The quantitative estimate of drug-likeness (QED) is 0.375. The molecule has 9 nitrogen and oxygen atoms in total. The van der Waals surface area contributed by atoms with Gasteiger partial charge in [0.25, 0.3) is 0 Å². The Morgan fingerprint density at radius 3 is 2.73 bits per heavy atom. The van der Waals surface area contributed by atoms with Crippen LogP contribution < -0.4 is 16.0 Å². The van der Waals surface area contributed by atoms with Crippen molar-refractivity contribution in [2.24, 2.45) is 12.0 Å². The highest BCUT2D eigenvalue weighted by atomic mass is 15.3. The Morgan fingerprint density at radius 2 is 1.92 bits per heavy atom. The van der Waals surface area contributed by atoms with Crippen LogP contribution in [0.5, 0.6) is 0 Å². The topological polar surface area (TPSA) is 95.3 Å². The molecule has 0 amide bonds. The van der Waals surface area contributed by atoms with Crippen molar-refractivity contribution in [2.75, 3.05) is 51.6 Å². The van der Waals surface area contributed by atoms with Crippen molar-refractivity contribution in [3.8, 4) is 0 Å². The standard InChI is InChI=1S/C17H29N9/c1-18-17(21-8-11-26-9-4-3-5-10-26)20-7-6-19-15-14-12-24-25(2)16(14)23-13-22-15/h12-13H,3-11H2,1-2H3,(H2,18,20,21)(H,19,22,23). The van der Waals surface area contributed by atoms with Gasteiger partial charge in [-0.1, -0.05) is 6.42 Å². The molecule has 1 aliphatic heterocycles. The first-order chi connectivity index (χ1) is 12.8. The van der Waals surface area contributed by atoms with Gasteiger partial charge in [0.15, 0.2) is 11.6 Å². The summed E-state index contributed by atoms with van der Waals surface area (Å²) in [7, 11) is 3.67. The monoisotopic (exact) mass is 359 g/mol. The number of rotatable bonds is 7. The molecule has 3 N–H and O–H groups in total. The second-order valence-corrected chi connectivity index (χ2v) is 6.48. The maximum atomic E-state index is 4.30. The Hall–Kier alpha value is -2.42. The summed E-state index contributed by atoms with van der Waals surface area (Å²) in [6.07, 6.45) is 7.36. The summed E-state index contributed by atoms with van der Waals surface area (Å²) in [6, 6.07) is 0. The minimum Gasteiger partial charge on any atom is -0.368 e. The van der Waals surface area contributed by atoms with Gasteiger partial charge >= 0.3 is 0 Å². The minimum atomic E-state index is 0.730. The van der Waals surface area contributed by atoms with Crippen molar-refractivity contribution in [3.05, 3.63) is 12.5 Å². The number of nitrogens with zero attached hydrogens (tertiary/aromatic N) is 6. The molecule has 0 saturated carbocycles. The summed E-state index contributed by atoms with van der Waals surface area (Å²) >= 11 is 0. The molecular weight excluding hydrogens is 330 g/mol. The highest BCUT2D eigenvalue weighted by Crippen LogP contribution is 2.17. The van der Waals surface area contributed by atoms with Crippen LogP contribution in [0.15, 0.2) is 17.5 Å². The van der Waals surface area contributed by atoms with Gasteiger partial charge < -0.3 is 20.9 Å². The number of hydrogen-bond donors (Lipinski definition) is 3. The van der Waals surface area contributed by atoms with Crippen LogP contribution in [0.4, 0.5) is 5.82 Å². The fourth-order valence-corrected chi connectivity index (χ4v) is 3.20. The van der Waals surface area contributed by atoms with Crippen molar-refractivity contribution in [1.29, 1.82) is 0 Å². The van der Waals surface area contributed by atoms with Crippen molar-refractivity contribution in [1.82, 2.24) is 35.3 Å². The number of anilines is 1. The number of aryl methyl sites for hydroxylation is 1. The average molecular weight is 359 g/mol. The third-order valence-corrected chi connectivity index (χ3v) is 4.63. The van der Waals surface area contributed by atoms with Crippen molar-refractivity contribution >= 4 is 22.8 Å². The molecule has 1 aliphatic rings. The number of fused-ring (bicyclic) bond motifs is 1. The van der Waals surface area contributed by atoms with Crippen LogP contribution in [0.2, 0.25) is 0 Å². The van der Waals surface area contributed by atoms with E-state index < -0.39 is 0 Å². The zero-order valence-corrected chi connectivity index (χ0v) is 15.7. The molecule has 0 spiro atoms. The summed E-state index contributed by atoms with van der Waals surface area (Å²) in [5.41, 5.74) is 0.825. The van der Waals surface area contributed by atoms with Crippen LogP contribution in [-0.4, -0.2) is 76.9 Å². The van der Waals surface area contributed by atoms with Gasteiger partial charge in [-0.2, -0.15) is 5.10 Å². The summed E-state index contributed by atoms with van der Waals surface area (Å²) in [5.74, 6) is 1.64. The van der Waals surface area contributed by atoms with Crippen LogP contribution in [0.1, 0.15) is 19.3 Å². The molecule has 3 heterocycles. The average Bonchev–Trinajstić information content (AvgIpc) is 3.06. The van der Waals surface area contributed by atoms with E-state index in [2.05, 4.69) is 40.9 Å². The maximum absolute atomic E-state index is 4.30. The van der Waals surface area contributed by atoms with Crippen molar-refractivity contribution in [3.63, 3.8) is 0 Å². The fourth-order valence-electron chi connectivity index (χ4n) is 3.20. The predicted molar refractivity (Wildman–Crippen MR) is 104 cm³/mol. The molecule has 0 aromatic carbocycles. The summed E-state index contributed by atoms with van der Waals surface area (Å²) in [4.78, 5) is 15.3. The number of piperidine rings is 1. The Labute approximate surface area is 154 Å². The van der Waals surface area contributed by atoms with E-state index in [-0.39, 0.29) is 0 Å². The number of likely N-dealkylation sites (tertiary alicyclic amines) is 1. The molecule has 2 aromatic rings. The molecule has 3 rings (SSSR count). The molecule has 0 unspecified atom stereocenters. The summed E-state index contributed by atoms with van der Waals surface area (Å²) < 4.78 is 1.74. The number of aromatic nitrogens is 4. The first-order valence-electron chi connectivity index (χ1n) is 9.31. The van der Waals surface area contributed by atoms with Gasteiger partial charge in [0.2, 0.25) is 0 Å². The minimum absolute atomic E-state index is 0.730. The van der Waals surface area contributed by atoms with Gasteiger partial charge in [-0.15, -0.1) is 0 Å². The van der Waals surface area contributed by atoms with Gasteiger partial charge in [0.1, 0.15) is 12.1 Å². The number of aliphatic imine (C=N–C) groups is 1. The van der Waals surface area contributed by atoms with E-state index in [9.17, 15) is 0 Å². The lowest BCUT2D eigenvalue weighted by Gasteiger charge is -2.26. The number of guanidine groups is 1. The normalized spacial score (nSPS) is 16.0. The van der Waals surface area contributed by atoms with E-state index in [1.165, 1.54) is 32.4 Å². The van der Waals surface area contributed by atoms with E-state index in [0.717, 1.165) is 49.0 Å². The van der Waals surface area contributed by atoms with Crippen LogP contribution >= 0.6 is 0 Å². The lowest BCUT2D eigenvalue weighted by Crippen LogP contribution is -2.43. The fraction of sp³-hybridized carbons (Fsp3) is 0.647. The van der Waals surface area contributed by atoms with Gasteiger partial charge in [-0.05, 0) is 25.9 Å². The summed E-state index contributed by atoms with van der Waals surface area (Å²) in [6.45, 7) is 5.90. The molecule has 26 heavy (non-hydrogen) atoms. The lowest BCUT2D eigenvalue weighted by molar-refractivity contribution is 0.232. The molecule has 2 aromatic heterocycles. The molecule has 1 fully saturated rings. The van der Waals surface area contributed by atoms with E-state index >= 15 is 0 Å². The van der Waals surface area contributed by atoms with Crippen molar-refractivity contribution in [2.45, 2.75) is 19.3 Å². The van der Waals surface area contributed by atoms with Gasteiger partial charge in [-0.3, -0.25) is 9.67 Å². The van der Waals surface area contributed by atoms with E-state index in [1.807, 2.05) is 7.05 Å². The van der Waals surface area contributed by atoms with E-state index in [4.69, 9.17) is 0 Å². The number of hydrogen-bond acceptors (Lipinski definition) is 6. The van der Waals surface area contributed by atoms with Gasteiger partial charge in [0.05, 0.1) is 11.6 Å². The molecule has 9 heteroatoms. The first kappa shape index (κ1) is 18.4. The largest absolute Gasteiger partial charge is 0.368 e.